The van der Waals surface area contributed by atoms with Gasteiger partial charge in [0, 0.05) is 39.8 Å². The second-order valence-corrected chi connectivity index (χ2v) is 8.20. The van der Waals surface area contributed by atoms with Crippen molar-refractivity contribution < 1.29 is 42.9 Å². The molecule has 0 aromatic rings. The first kappa shape index (κ1) is 33.2. The molecule has 1 amide bonds. The fraction of sp³-hybridized carbons (Fsp3) is 0.783. The van der Waals surface area contributed by atoms with E-state index in [1.165, 1.54) is 28.4 Å². The summed E-state index contributed by atoms with van der Waals surface area (Å²) in [5.41, 5.74) is 0. The first-order valence-corrected chi connectivity index (χ1v) is 11.7. The predicted octanol–water partition coefficient (Wildman–Crippen LogP) is -1.16. The Labute approximate surface area is 213 Å². The maximum atomic E-state index is 13.0. The van der Waals surface area contributed by atoms with Crippen molar-refractivity contribution in [1.82, 2.24) is 19.6 Å². The van der Waals surface area contributed by atoms with Crippen LogP contribution in [0.3, 0.4) is 0 Å². The normalized spacial score (nSPS) is 11.8. The van der Waals surface area contributed by atoms with Gasteiger partial charge in [0.1, 0.15) is 0 Å². The van der Waals surface area contributed by atoms with E-state index in [2.05, 4.69) is 0 Å². The van der Waals surface area contributed by atoms with Gasteiger partial charge in [-0.2, -0.15) is 0 Å². The molecule has 0 aliphatic carbocycles. The monoisotopic (exact) mass is 518 g/mol. The van der Waals surface area contributed by atoms with Gasteiger partial charge < -0.3 is 23.8 Å². The molecule has 0 saturated carbocycles. The van der Waals surface area contributed by atoms with E-state index < -0.39 is 29.9 Å². The number of carbonyl (C=O) groups excluding carboxylic acids is 5. The SMILES string of the molecule is CCCN(C)C(=O)C(C)N(CCN(CC(=O)OC)CC(=O)OC)CCN(CC(=O)OC)CC(=O)OC. The molecule has 0 heterocycles. The highest BCUT2D eigenvalue weighted by Gasteiger charge is 2.26. The van der Waals surface area contributed by atoms with E-state index in [1.807, 2.05) is 11.8 Å². The van der Waals surface area contributed by atoms with Crippen molar-refractivity contribution in [2.45, 2.75) is 26.3 Å². The summed E-state index contributed by atoms with van der Waals surface area (Å²) in [6, 6.07) is -0.544. The van der Waals surface area contributed by atoms with Crippen molar-refractivity contribution in [2.24, 2.45) is 0 Å². The van der Waals surface area contributed by atoms with E-state index in [0.717, 1.165) is 6.42 Å². The van der Waals surface area contributed by atoms with E-state index in [1.54, 1.807) is 28.7 Å². The van der Waals surface area contributed by atoms with E-state index in [0.29, 0.717) is 19.6 Å². The van der Waals surface area contributed by atoms with Crippen molar-refractivity contribution in [3.63, 3.8) is 0 Å². The number of esters is 4. The second kappa shape index (κ2) is 18.5. The van der Waals surface area contributed by atoms with Crippen molar-refractivity contribution in [2.75, 3.05) is 94.4 Å². The van der Waals surface area contributed by atoms with Crippen LogP contribution in [0, 0.1) is 0 Å². The summed E-state index contributed by atoms with van der Waals surface area (Å²) in [6.45, 7) is 4.94. The molecule has 0 fully saturated rings. The first-order valence-electron chi connectivity index (χ1n) is 11.7. The van der Waals surface area contributed by atoms with Crippen LogP contribution < -0.4 is 0 Å². The van der Waals surface area contributed by atoms with Gasteiger partial charge in [0.25, 0.3) is 0 Å². The summed E-state index contributed by atoms with van der Waals surface area (Å²) in [4.78, 5) is 67.0. The Morgan fingerprint density at radius 2 is 0.944 bits per heavy atom. The molecule has 0 radical (unpaired) electrons. The fourth-order valence-electron chi connectivity index (χ4n) is 3.38. The Kier molecular flexibility index (Phi) is 17.1. The number of carbonyl (C=O) groups is 5. The largest absolute Gasteiger partial charge is 0.468 e. The average molecular weight is 519 g/mol. The molecule has 0 aromatic heterocycles. The lowest BCUT2D eigenvalue weighted by Gasteiger charge is -2.34. The molecule has 36 heavy (non-hydrogen) atoms. The van der Waals surface area contributed by atoms with Crippen molar-refractivity contribution >= 4 is 29.8 Å². The average Bonchev–Trinajstić information content (AvgIpc) is 2.86. The van der Waals surface area contributed by atoms with Crippen LogP contribution in [0.4, 0.5) is 0 Å². The molecule has 0 spiro atoms. The van der Waals surface area contributed by atoms with Crippen molar-refractivity contribution in [3.8, 4) is 0 Å². The molecule has 1 unspecified atom stereocenters. The van der Waals surface area contributed by atoms with Crippen molar-refractivity contribution in [3.05, 3.63) is 0 Å². The van der Waals surface area contributed by atoms with Gasteiger partial charge in [0.15, 0.2) is 0 Å². The molecule has 13 heteroatoms. The quantitative estimate of drug-likeness (QED) is 0.160. The molecule has 0 aliphatic heterocycles. The predicted molar refractivity (Wildman–Crippen MR) is 130 cm³/mol. The number of nitrogens with zero attached hydrogens (tertiary/aromatic N) is 4. The smallest absolute Gasteiger partial charge is 0.319 e. The molecular weight excluding hydrogens is 476 g/mol. The van der Waals surface area contributed by atoms with Crippen LogP contribution in [0.5, 0.6) is 0 Å². The number of methoxy groups -OCH3 is 4. The Hall–Kier alpha value is -2.77. The molecular formula is C23H42N4O9. The number of hydrogen-bond donors (Lipinski definition) is 0. The topological polar surface area (TPSA) is 135 Å². The van der Waals surface area contributed by atoms with Gasteiger partial charge in [-0.05, 0) is 13.3 Å². The van der Waals surface area contributed by atoms with E-state index >= 15 is 0 Å². The van der Waals surface area contributed by atoms with Gasteiger partial charge in [0.05, 0.1) is 60.7 Å². The highest BCUT2D eigenvalue weighted by Crippen LogP contribution is 2.07. The van der Waals surface area contributed by atoms with Crippen LogP contribution in [0.2, 0.25) is 0 Å². The van der Waals surface area contributed by atoms with Crippen molar-refractivity contribution in [1.29, 1.82) is 0 Å². The molecule has 0 aromatic carbocycles. The summed E-state index contributed by atoms with van der Waals surface area (Å²) in [6.07, 6.45) is 0.799. The molecule has 208 valence electrons. The minimum atomic E-state index is -0.544. The highest BCUT2D eigenvalue weighted by atomic mass is 16.5. The summed E-state index contributed by atoms with van der Waals surface area (Å²) < 4.78 is 18.9. The zero-order valence-corrected chi connectivity index (χ0v) is 22.6. The van der Waals surface area contributed by atoms with Gasteiger partial charge in [-0.15, -0.1) is 0 Å². The van der Waals surface area contributed by atoms with Crippen LogP contribution in [0.15, 0.2) is 0 Å². The Morgan fingerprint density at radius 1 is 0.611 bits per heavy atom. The van der Waals surface area contributed by atoms with E-state index in [9.17, 15) is 24.0 Å². The highest BCUT2D eigenvalue weighted by molar-refractivity contribution is 5.81. The molecule has 0 saturated heterocycles. The Balaban J connectivity index is 5.66. The Morgan fingerprint density at radius 3 is 1.22 bits per heavy atom. The number of ether oxygens (including phenoxy) is 4. The maximum absolute atomic E-state index is 13.0. The third kappa shape index (κ3) is 13.4. The molecule has 1 atom stereocenters. The maximum Gasteiger partial charge on any atom is 0.319 e. The summed E-state index contributed by atoms with van der Waals surface area (Å²) in [5.74, 6) is -2.16. The lowest BCUT2D eigenvalue weighted by Crippen LogP contribution is -2.51. The summed E-state index contributed by atoms with van der Waals surface area (Å²) in [5, 5.41) is 0. The lowest BCUT2D eigenvalue weighted by atomic mass is 10.2. The molecule has 0 aliphatic rings. The van der Waals surface area contributed by atoms with Crippen LogP contribution in [0.25, 0.3) is 0 Å². The van der Waals surface area contributed by atoms with Crippen LogP contribution in [0.1, 0.15) is 20.3 Å². The van der Waals surface area contributed by atoms with E-state index in [-0.39, 0.29) is 45.2 Å². The zero-order chi connectivity index (χ0) is 27.7. The summed E-state index contributed by atoms with van der Waals surface area (Å²) in [7, 11) is 6.75. The first-order chi connectivity index (χ1) is 17.0. The van der Waals surface area contributed by atoms with Gasteiger partial charge in [0.2, 0.25) is 5.91 Å². The molecule has 0 bridgehead atoms. The second-order valence-electron chi connectivity index (χ2n) is 8.20. The number of rotatable bonds is 18. The number of hydrogen-bond acceptors (Lipinski definition) is 12. The van der Waals surface area contributed by atoms with Crippen LogP contribution in [-0.4, -0.2) is 150 Å². The Bertz CT molecular complexity index is 640. The standard InChI is InChI=1S/C23H42N4O9/c1-8-9-24(3)23(32)18(2)27(12-10-25(14-19(28)33-4)15-20(29)34-5)13-11-26(16-21(30)35-6)17-22(31)36-7/h18H,8-17H2,1-7H3. The van der Waals surface area contributed by atoms with Crippen LogP contribution in [-0.2, 0) is 42.9 Å². The third-order valence-electron chi connectivity index (χ3n) is 5.57. The fourth-order valence-corrected chi connectivity index (χ4v) is 3.38. The van der Waals surface area contributed by atoms with Gasteiger partial charge in [-0.25, -0.2) is 0 Å². The third-order valence-corrected chi connectivity index (χ3v) is 5.57. The van der Waals surface area contributed by atoms with Gasteiger partial charge in [-0.3, -0.25) is 38.7 Å². The van der Waals surface area contributed by atoms with Crippen LogP contribution >= 0.6 is 0 Å². The molecule has 0 N–H and O–H groups in total. The molecule has 13 nitrogen and oxygen atoms in total. The summed E-state index contributed by atoms with van der Waals surface area (Å²) >= 11 is 0. The number of likely N-dealkylation sites (N-methyl/N-ethyl adjacent to an activating group) is 1. The van der Waals surface area contributed by atoms with Gasteiger partial charge in [-0.1, -0.05) is 6.92 Å². The minimum absolute atomic E-state index is 0.100. The zero-order valence-electron chi connectivity index (χ0n) is 22.6. The molecule has 0 rings (SSSR count). The van der Waals surface area contributed by atoms with E-state index in [4.69, 9.17) is 18.9 Å². The minimum Gasteiger partial charge on any atom is -0.468 e. The van der Waals surface area contributed by atoms with Gasteiger partial charge >= 0.3 is 23.9 Å². The number of amides is 1. The lowest BCUT2D eigenvalue weighted by molar-refractivity contribution is -0.147.